The SMILES string of the molecule is O=C(/C=C/c1cn(Cc2ccccc2)nn1)NCCC(=O)N1CCCC1. The van der Waals surface area contributed by atoms with Crippen LogP contribution in [0.2, 0.25) is 0 Å². The average molecular weight is 353 g/mol. The summed E-state index contributed by atoms with van der Waals surface area (Å²) < 4.78 is 1.72. The van der Waals surface area contributed by atoms with Gasteiger partial charge in [-0.2, -0.15) is 0 Å². The monoisotopic (exact) mass is 353 g/mol. The maximum absolute atomic E-state index is 11.9. The molecule has 2 aromatic rings. The zero-order valence-electron chi connectivity index (χ0n) is 14.7. The van der Waals surface area contributed by atoms with Crippen LogP contribution in [0.4, 0.5) is 0 Å². The molecular formula is C19H23N5O2. The van der Waals surface area contributed by atoms with E-state index in [1.54, 1.807) is 17.0 Å². The summed E-state index contributed by atoms with van der Waals surface area (Å²) in [7, 11) is 0. The Morgan fingerprint density at radius 1 is 1.15 bits per heavy atom. The molecule has 1 aliphatic heterocycles. The van der Waals surface area contributed by atoms with Crippen molar-refractivity contribution in [2.45, 2.75) is 25.8 Å². The summed E-state index contributed by atoms with van der Waals surface area (Å²) in [6.45, 7) is 2.66. The molecule has 1 aromatic heterocycles. The molecule has 7 heteroatoms. The lowest BCUT2D eigenvalue weighted by molar-refractivity contribution is -0.130. The number of hydrogen-bond donors (Lipinski definition) is 1. The van der Waals surface area contributed by atoms with Crippen LogP contribution in [-0.4, -0.2) is 51.3 Å². The lowest BCUT2D eigenvalue weighted by Gasteiger charge is -2.14. The number of hydrogen-bond acceptors (Lipinski definition) is 4. The van der Waals surface area contributed by atoms with Crippen molar-refractivity contribution in [2.75, 3.05) is 19.6 Å². The quantitative estimate of drug-likeness (QED) is 0.765. The van der Waals surface area contributed by atoms with Gasteiger partial charge >= 0.3 is 0 Å². The van der Waals surface area contributed by atoms with Crippen molar-refractivity contribution in [1.82, 2.24) is 25.2 Å². The van der Waals surface area contributed by atoms with Crippen molar-refractivity contribution in [3.8, 4) is 0 Å². The second kappa shape index (κ2) is 8.94. The summed E-state index contributed by atoms with van der Waals surface area (Å²) in [5.74, 6) is -0.132. The Balaban J connectivity index is 1.41. The highest BCUT2D eigenvalue weighted by atomic mass is 16.2. The maximum atomic E-state index is 11.9. The van der Waals surface area contributed by atoms with E-state index in [2.05, 4.69) is 15.6 Å². The van der Waals surface area contributed by atoms with Crippen molar-refractivity contribution in [1.29, 1.82) is 0 Å². The molecule has 0 spiro atoms. The zero-order chi connectivity index (χ0) is 18.2. The molecule has 0 aliphatic carbocycles. The van der Waals surface area contributed by atoms with Crippen LogP contribution in [0.3, 0.4) is 0 Å². The topological polar surface area (TPSA) is 80.1 Å². The van der Waals surface area contributed by atoms with Gasteiger partial charge in [-0.1, -0.05) is 35.5 Å². The molecule has 3 rings (SSSR count). The van der Waals surface area contributed by atoms with E-state index in [4.69, 9.17) is 0 Å². The Morgan fingerprint density at radius 3 is 2.69 bits per heavy atom. The predicted octanol–water partition coefficient (Wildman–Crippen LogP) is 1.47. The predicted molar refractivity (Wildman–Crippen MR) is 98.0 cm³/mol. The first kappa shape index (κ1) is 17.8. The highest BCUT2D eigenvalue weighted by Crippen LogP contribution is 2.08. The Bertz CT molecular complexity index is 763. The Morgan fingerprint density at radius 2 is 1.92 bits per heavy atom. The third-order valence-electron chi connectivity index (χ3n) is 4.25. The minimum absolute atomic E-state index is 0.107. The largest absolute Gasteiger partial charge is 0.352 e. The average Bonchev–Trinajstić information content (AvgIpc) is 3.33. The van der Waals surface area contributed by atoms with Crippen LogP contribution in [0, 0.1) is 0 Å². The van der Waals surface area contributed by atoms with E-state index in [-0.39, 0.29) is 11.8 Å². The molecule has 2 amide bonds. The molecule has 0 radical (unpaired) electrons. The van der Waals surface area contributed by atoms with E-state index in [9.17, 15) is 9.59 Å². The van der Waals surface area contributed by atoms with E-state index < -0.39 is 0 Å². The highest BCUT2D eigenvalue weighted by Gasteiger charge is 2.17. The van der Waals surface area contributed by atoms with E-state index in [0.717, 1.165) is 31.5 Å². The molecule has 0 bridgehead atoms. The fourth-order valence-corrected chi connectivity index (χ4v) is 2.87. The second-order valence-corrected chi connectivity index (χ2v) is 6.29. The number of benzene rings is 1. The molecule has 1 aromatic carbocycles. The summed E-state index contributed by atoms with van der Waals surface area (Å²) in [6, 6.07) is 9.97. The van der Waals surface area contributed by atoms with Crippen LogP contribution < -0.4 is 5.32 Å². The van der Waals surface area contributed by atoms with Gasteiger partial charge < -0.3 is 10.2 Å². The van der Waals surface area contributed by atoms with Gasteiger partial charge in [0.05, 0.1) is 12.7 Å². The summed E-state index contributed by atoms with van der Waals surface area (Å²) in [5.41, 5.74) is 1.75. The Labute approximate surface area is 152 Å². The molecule has 0 saturated carbocycles. The zero-order valence-corrected chi connectivity index (χ0v) is 14.7. The molecule has 0 unspecified atom stereocenters. The number of aromatic nitrogens is 3. The molecule has 2 heterocycles. The molecule has 1 saturated heterocycles. The minimum Gasteiger partial charge on any atom is -0.352 e. The number of likely N-dealkylation sites (tertiary alicyclic amines) is 1. The van der Waals surface area contributed by atoms with Gasteiger partial charge in [-0.3, -0.25) is 9.59 Å². The fraction of sp³-hybridized carbons (Fsp3) is 0.368. The van der Waals surface area contributed by atoms with Gasteiger partial charge in [0.25, 0.3) is 0 Å². The van der Waals surface area contributed by atoms with E-state index in [1.807, 2.05) is 35.2 Å². The molecular weight excluding hydrogens is 330 g/mol. The van der Waals surface area contributed by atoms with Crippen molar-refractivity contribution in [2.24, 2.45) is 0 Å². The number of rotatable bonds is 7. The number of nitrogens with zero attached hydrogens (tertiary/aromatic N) is 4. The van der Waals surface area contributed by atoms with Gasteiger partial charge in [-0.15, -0.1) is 5.10 Å². The van der Waals surface area contributed by atoms with Gasteiger partial charge in [0.1, 0.15) is 5.69 Å². The standard InChI is InChI=1S/C19H23N5O2/c25-18(20-11-10-19(26)23-12-4-5-13-23)9-8-17-15-24(22-21-17)14-16-6-2-1-3-7-16/h1-3,6-9,15H,4-5,10-14H2,(H,20,25)/b9-8+. The lowest BCUT2D eigenvalue weighted by Crippen LogP contribution is -2.32. The molecule has 136 valence electrons. The van der Waals surface area contributed by atoms with Crippen molar-refractivity contribution in [3.63, 3.8) is 0 Å². The summed E-state index contributed by atoms with van der Waals surface area (Å²) >= 11 is 0. The molecule has 1 N–H and O–H groups in total. The summed E-state index contributed by atoms with van der Waals surface area (Å²) in [5, 5.41) is 10.8. The lowest BCUT2D eigenvalue weighted by atomic mass is 10.2. The smallest absolute Gasteiger partial charge is 0.244 e. The van der Waals surface area contributed by atoms with Crippen molar-refractivity contribution < 1.29 is 9.59 Å². The highest BCUT2D eigenvalue weighted by molar-refractivity contribution is 5.91. The van der Waals surface area contributed by atoms with Crippen LogP contribution >= 0.6 is 0 Å². The van der Waals surface area contributed by atoms with Crippen LogP contribution in [0.1, 0.15) is 30.5 Å². The van der Waals surface area contributed by atoms with E-state index in [0.29, 0.717) is 25.2 Å². The van der Waals surface area contributed by atoms with Gasteiger partial charge in [-0.05, 0) is 24.5 Å². The van der Waals surface area contributed by atoms with Gasteiger partial charge in [0.15, 0.2) is 0 Å². The third kappa shape index (κ3) is 5.27. The van der Waals surface area contributed by atoms with Crippen molar-refractivity contribution >= 4 is 17.9 Å². The molecule has 26 heavy (non-hydrogen) atoms. The third-order valence-corrected chi connectivity index (χ3v) is 4.25. The van der Waals surface area contributed by atoms with Crippen LogP contribution in [0.25, 0.3) is 6.08 Å². The maximum Gasteiger partial charge on any atom is 0.244 e. The number of carbonyl (C=O) groups is 2. The fourth-order valence-electron chi connectivity index (χ4n) is 2.87. The van der Waals surface area contributed by atoms with Gasteiger partial charge in [0.2, 0.25) is 11.8 Å². The van der Waals surface area contributed by atoms with E-state index in [1.165, 1.54) is 6.08 Å². The van der Waals surface area contributed by atoms with Crippen LogP contribution in [0.5, 0.6) is 0 Å². The minimum atomic E-state index is -0.239. The normalized spacial score (nSPS) is 14.1. The first-order chi connectivity index (χ1) is 12.7. The molecule has 0 atom stereocenters. The number of nitrogens with one attached hydrogen (secondary N) is 1. The summed E-state index contributed by atoms with van der Waals surface area (Å²) in [6.07, 6.45) is 7.31. The number of amides is 2. The van der Waals surface area contributed by atoms with Gasteiger partial charge in [0, 0.05) is 32.1 Å². The number of carbonyl (C=O) groups excluding carboxylic acids is 2. The van der Waals surface area contributed by atoms with Crippen molar-refractivity contribution in [3.05, 3.63) is 53.9 Å². The molecule has 7 nitrogen and oxygen atoms in total. The van der Waals surface area contributed by atoms with Gasteiger partial charge in [-0.25, -0.2) is 4.68 Å². The van der Waals surface area contributed by atoms with Crippen LogP contribution in [0.15, 0.2) is 42.6 Å². The second-order valence-electron chi connectivity index (χ2n) is 6.29. The van der Waals surface area contributed by atoms with Crippen LogP contribution in [-0.2, 0) is 16.1 Å². The van der Waals surface area contributed by atoms with E-state index >= 15 is 0 Å². The molecule has 1 aliphatic rings. The first-order valence-corrected chi connectivity index (χ1v) is 8.88. The Kier molecular flexibility index (Phi) is 6.14. The first-order valence-electron chi connectivity index (χ1n) is 8.88. The summed E-state index contributed by atoms with van der Waals surface area (Å²) in [4.78, 5) is 25.6. The molecule has 1 fully saturated rings. The Hall–Kier alpha value is -2.96.